The van der Waals surface area contributed by atoms with Gasteiger partial charge in [-0.05, 0) is 30.2 Å². The smallest absolute Gasteiger partial charge is 0.244 e. The third-order valence-corrected chi connectivity index (χ3v) is 3.78. The van der Waals surface area contributed by atoms with Crippen LogP contribution in [0.5, 0.6) is 0 Å². The Labute approximate surface area is 128 Å². The fourth-order valence-electron chi connectivity index (χ4n) is 1.53. The van der Waals surface area contributed by atoms with Crippen LogP contribution in [0, 0.1) is 0 Å². The topological polar surface area (TPSA) is 69.6 Å². The van der Waals surface area contributed by atoms with E-state index in [1.54, 1.807) is 31.2 Å². The Hall–Kier alpha value is -1.07. The second-order valence-corrected chi connectivity index (χ2v) is 5.26. The van der Waals surface area contributed by atoms with Gasteiger partial charge < -0.3 is 15.5 Å². The Bertz CT molecular complexity index is 491. The first-order valence-corrected chi connectivity index (χ1v) is 6.89. The van der Waals surface area contributed by atoms with Gasteiger partial charge >= 0.3 is 0 Å². The molecular weight excluding hydrogens is 301 g/mol. The quantitative estimate of drug-likeness (QED) is 0.705. The highest BCUT2D eigenvalue weighted by atomic mass is 35.5. The summed E-state index contributed by atoms with van der Waals surface area (Å²) in [6.07, 6.45) is 3.31. The summed E-state index contributed by atoms with van der Waals surface area (Å²) < 4.78 is 0. The van der Waals surface area contributed by atoms with Gasteiger partial charge in [0.25, 0.3) is 0 Å². The monoisotopic (exact) mass is 317 g/mol. The van der Waals surface area contributed by atoms with Gasteiger partial charge in [-0.1, -0.05) is 36.2 Å². The summed E-state index contributed by atoms with van der Waals surface area (Å²) in [6.45, 7) is 1.12. The minimum atomic E-state index is -1.00. The zero-order chi connectivity index (χ0) is 15.2. The molecule has 0 radical (unpaired) electrons. The number of hydrogen-bond donors (Lipinski definition) is 3. The molecule has 110 valence electrons. The molecule has 6 heteroatoms. The van der Waals surface area contributed by atoms with Crippen LogP contribution in [-0.4, -0.2) is 34.9 Å². The van der Waals surface area contributed by atoms with Crippen molar-refractivity contribution in [1.29, 1.82) is 0 Å². The van der Waals surface area contributed by atoms with E-state index in [-0.39, 0.29) is 13.2 Å². The lowest BCUT2D eigenvalue weighted by molar-refractivity contribution is -0.119. The van der Waals surface area contributed by atoms with Crippen LogP contribution in [0.2, 0.25) is 10.0 Å². The number of aliphatic hydroxyl groups is 2. The van der Waals surface area contributed by atoms with Crippen LogP contribution in [0.4, 0.5) is 0 Å². The third kappa shape index (κ3) is 4.49. The van der Waals surface area contributed by atoms with E-state index in [2.05, 4.69) is 5.32 Å². The second kappa shape index (κ2) is 7.64. The van der Waals surface area contributed by atoms with Crippen molar-refractivity contribution in [1.82, 2.24) is 5.32 Å². The number of halogens is 2. The maximum absolute atomic E-state index is 11.8. The van der Waals surface area contributed by atoms with Gasteiger partial charge in [-0.15, -0.1) is 0 Å². The average molecular weight is 318 g/mol. The van der Waals surface area contributed by atoms with Gasteiger partial charge in [-0.3, -0.25) is 4.79 Å². The SMILES string of the molecule is CCC(CO)(CO)NC(=O)/C=C/c1ccc(Cl)c(Cl)c1. The number of amides is 1. The van der Waals surface area contributed by atoms with Crippen LogP contribution in [0.1, 0.15) is 18.9 Å². The molecule has 0 bridgehead atoms. The molecule has 4 nitrogen and oxygen atoms in total. The fraction of sp³-hybridized carbons (Fsp3) is 0.357. The van der Waals surface area contributed by atoms with Crippen molar-refractivity contribution in [2.45, 2.75) is 18.9 Å². The second-order valence-electron chi connectivity index (χ2n) is 4.45. The van der Waals surface area contributed by atoms with Crippen molar-refractivity contribution < 1.29 is 15.0 Å². The van der Waals surface area contributed by atoms with Crippen LogP contribution in [0.25, 0.3) is 6.08 Å². The van der Waals surface area contributed by atoms with E-state index in [4.69, 9.17) is 23.2 Å². The summed E-state index contributed by atoms with van der Waals surface area (Å²) >= 11 is 11.7. The fourth-order valence-corrected chi connectivity index (χ4v) is 1.84. The van der Waals surface area contributed by atoms with Crippen LogP contribution >= 0.6 is 23.2 Å². The Kier molecular flexibility index (Phi) is 6.49. The molecular formula is C14H17Cl2NO3. The highest BCUT2D eigenvalue weighted by molar-refractivity contribution is 6.42. The van der Waals surface area contributed by atoms with Gasteiger partial charge in [0.2, 0.25) is 5.91 Å². The summed E-state index contributed by atoms with van der Waals surface area (Å²) in [5.41, 5.74) is -0.274. The van der Waals surface area contributed by atoms with E-state index in [1.807, 2.05) is 0 Å². The third-order valence-electron chi connectivity index (χ3n) is 3.04. The largest absolute Gasteiger partial charge is 0.394 e. The first-order chi connectivity index (χ1) is 9.46. The molecule has 0 saturated carbocycles. The molecule has 1 aromatic rings. The van der Waals surface area contributed by atoms with Crippen LogP contribution < -0.4 is 5.32 Å². The first kappa shape index (κ1) is 17.0. The Morgan fingerprint density at radius 1 is 1.30 bits per heavy atom. The normalized spacial score (nSPS) is 11.8. The molecule has 0 heterocycles. The van der Waals surface area contributed by atoms with Crippen molar-refractivity contribution in [3.63, 3.8) is 0 Å². The minimum Gasteiger partial charge on any atom is -0.394 e. The summed E-state index contributed by atoms with van der Waals surface area (Å²) in [6, 6.07) is 5.00. The van der Waals surface area contributed by atoms with E-state index >= 15 is 0 Å². The summed E-state index contributed by atoms with van der Waals surface area (Å²) in [7, 11) is 0. The van der Waals surface area contributed by atoms with E-state index in [0.29, 0.717) is 16.5 Å². The summed E-state index contributed by atoms with van der Waals surface area (Å²) in [4.78, 5) is 11.8. The zero-order valence-electron chi connectivity index (χ0n) is 11.1. The predicted octanol–water partition coefficient (Wildman–Crippen LogP) is 2.26. The van der Waals surface area contributed by atoms with E-state index in [9.17, 15) is 15.0 Å². The molecule has 20 heavy (non-hydrogen) atoms. The van der Waals surface area contributed by atoms with Crippen molar-refractivity contribution in [2.75, 3.05) is 13.2 Å². The van der Waals surface area contributed by atoms with Crippen molar-refractivity contribution in [3.05, 3.63) is 39.9 Å². The highest BCUT2D eigenvalue weighted by Gasteiger charge is 2.27. The number of benzene rings is 1. The number of rotatable bonds is 6. The van der Waals surface area contributed by atoms with Crippen molar-refractivity contribution in [2.24, 2.45) is 0 Å². The molecule has 0 fully saturated rings. The number of carbonyl (C=O) groups is 1. The summed E-state index contributed by atoms with van der Waals surface area (Å²) in [5.74, 6) is -0.402. The van der Waals surface area contributed by atoms with Crippen LogP contribution in [-0.2, 0) is 4.79 Å². The average Bonchev–Trinajstić information content (AvgIpc) is 2.46. The molecule has 0 aromatic heterocycles. The standard InChI is InChI=1S/C14H17Cl2NO3/c1-2-14(8-18,9-19)17-13(20)6-4-10-3-5-11(15)12(16)7-10/h3-7,18-19H,2,8-9H2,1H3,(H,17,20)/b6-4+. The van der Waals surface area contributed by atoms with Gasteiger partial charge in [-0.2, -0.15) is 0 Å². The van der Waals surface area contributed by atoms with Crippen LogP contribution in [0.15, 0.2) is 24.3 Å². The Balaban J connectivity index is 2.74. The number of nitrogens with one attached hydrogen (secondary N) is 1. The molecule has 1 aromatic carbocycles. The molecule has 0 aliphatic rings. The number of aliphatic hydroxyl groups excluding tert-OH is 2. The number of hydrogen-bond acceptors (Lipinski definition) is 3. The van der Waals surface area contributed by atoms with E-state index in [0.717, 1.165) is 5.56 Å². The maximum Gasteiger partial charge on any atom is 0.244 e. The van der Waals surface area contributed by atoms with E-state index < -0.39 is 11.4 Å². The first-order valence-electron chi connectivity index (χ1n) is 6.13. The predicted molar refractivity (Wildman–Crippen MR) is 80.8 cm³/mol. The molecule has 3 N–H and O–H groups in total. The zero-order valence-corrected chi connectivity index (χ0v) is 12.6. The lowest BCUT2D eigenvalue weighted by atomic mass is 9.98. The Morgan fingerprint density at radius 3 is 2.45 bits per heavy atom. The maximum atomic E-state index is 11.8. The molecule has 0 atom stereocenters. The van der Waals surface area contributed by atoms with Gasteiger partial charge in [-0.25, -0.2) is 0 Å². The van der Waals surface area contributed by atoms with Crippen molar-refractivity contribution >= 4 is 35.2 Å². The minimum absolute atomic E-state index is 0.327. The van der Waals surface area contributed by atoms with Gasteiger partial charge in [0.1, 0.15) is 0 Å². The molecule has 1 rings (SSSR count). The van der Waals surface area contributed by atoms with E-state index in [1.165, 1.54) is 6.08 Å². The van der Waals surface area contributed by atoms with Gasteiger partial charge in [0.15, 0.2) is 0 Å². The molecule has 1 amide bonds. The number of carbonyl (C=O) groups excluding carboxylic acids is 1. The summed E-state index contributed by atoms with van der Waals surface area (Å²) in [5, 5.41) is 21.9. The van der Waals surface area contributed by atoms with Gasteiger partial charge in [0.05, 0.1) is 28.8 Å². The lowest BCUT2D eigenvalue weighted by Crippen LogP contribution is -2.53. The molecule has 0 aliphatic carbocycles. The van der Waals surface area contributed by atoms with Crippen LogP contribution in [0.3, 0.4) is 0 Å². The molecule has 0 unspecified atom stereocenters. The lowest BCUT2D eigenvalue weighted by Gasteiger charge is -2.29. The van der Waals surface area contributed by atoms with Crippen molar-refractivity contribution in [3.8, 4) is 0 Å². The molecule has 0 saturated heterocycles. The highest BCUT2D eigenvalue weighted by Crippen LogP contribution is 2.23. The Morgan fingerprint density at radius 2 is 1.95 bits per heavy atom. The van der Waals surface area contributed by atoms with Gasteiger partial charge in [0, 0.05) is 6.08 Å². The molecule has 0 spiro atoms. The molecule has 0 aliphatic heterocycles.